The summed E-state index contributed by atoms with van der Waals surface area (Å²) >= 11 is 5.98. The molecule has 30 heavy (non-hydrogen) atoms. The highest BCUT2D eigenvalue weighted by Crippen LogP contribution is 2.26. The highest BCUT2D eigenvalue weighted by molar-refractivity contribution is 7.92. The van der Waals surface area contributed by atoms with Crippen molar-refractivity contribution in [1.29, 1.82) is 0 Å². The fourth-order valence-electron chi connectivity index (χ4n) is 2.73. The van der Waals surface area contributed by atoms with Gasteiger partial charge in [-0.05, 0) is 36.4 Å². The van der Waals surface area contributed by atoms with Gasteiger partial charge in [-0.25, -0.2) is 8.42 Å². The van der Waals surface area contributed by atoms with Crippen LogP contribution in [0.5, 0.6) is 0 Å². The van der Waals surface area contributed by atoms with E-state index < -0.39 is 15.9 Å². The summed E-state index contributed by atoms with van der Waals surface area (Å²) in [6.07, 6.45) is 0. The molecule has 0 radical (unpaired) electrons. The number of hydrogen-bond acceptors (Lipinski definition) is 4. The number of aromatic amines is 1. The Morgan fingerprint density at radius 3 is 2.43 bits per heavy atom. The Bertz CT molecular complexity index is 1180. The molecular formula is C21H23ClN4O3S. The van der Waals surface area contributed by atoms with Crippen molar-refractivity contribution < 1.29 is 13.2 Å². The molecule has 0 atom stereocenters. The van der Waals surface area contributed by atoms with Crippen molar-refractivity contribution in [2.75, 3.05) is 16.7 Å². The Morgan fingerprint density at radius 1 is 1.10 bits per heavy atom. The summed E-state index contributed by atoms with van der Waals surface area (Å²) < 4.78 is 27.2. The molecule has 3 aromatic rings. The van der Waals surface area contributed by atoms with Gasteiger partial charge in [-0.1, -0.05) is 44.5 Å². The second kappa shape index (κ2) is 8.12. The Morgan fingerprint density at radius 2 is 1.80 bits per heavy atom. The lowest BCUT2D eigenvalue weighted by atomic mass is 9.92. The summed E-state index contributed by atoms with van der Waals surface area (Å²) in [5, 5.41) is 10.1. The largest absolute Gasteiger partial charge is 0.305 e. The molecule has 0 aliphatic rings. The third kappa shape index (κ3) is 4.66. The number of amides is 1. The van der Waals surface area contributed by atoms with Gasteiger partial charge in [0.15, 0.2) is 5.82 Å². The van der Waals surface area contributed by atoms with Crippen LogP contribution in [0.2, 0.25) is 5.02 Å². The molecule has 2 N–H and O–H groups in total. The number of nitrogens with one attached hydrogen (secondary N) is 2. The van der Waals surface area contributed by atoms with E-state index in [9.17, 15) is 13.2 Å². The standard InChI is InChI=1S/C21H23ClN4O3S/c1-21(2,3)18-13-19(25-24-18)23-20(27)14-7-5-10-17(11-14)30(28,29)26(4)16-9-6-8-15(22)12-16/h5-13H,1-4H3,(H2,23,24,25,27). The lowest BCUT2D eigenvalue weighted by Gasteiger charge is -2.20. The third-order valence-electron chi connectivity index (χ3n) is 4.55. The van der Waals surface area contributed by atoms with Gasteiger partial charge in [-0.15, -0.1) is 0 Å². The summed E-state index contributed by atoms with van der Waals surface area (Å²) in [4.78, 5) is 12.6. The first-order valence-electron chi connectivity index (χ1n) is 9.20. The van der Waals surface area contributed by atoms with E-state index >= 15 is 0 Å². The molecule has 0 saturated heterocycles. The van der Waals surface area contributed by atoms with Crippen molar-refractivity contribution >= 4 is 39.0 Å². The summed E-state index contributed by atoms with van der Waals surface area (Å²) in [5.41, 5.74) is 1.35. The zero-order chi connectivity index (χ0) is 22.1. The van der Waals surface area contributed by atoms with Crippen molar-refractivity contribution in [3.63, 3.8) is 0 Å². The van der Waals surface area contributed by atoms with Gasteiger partial charge in [0.2, 0.25) is 0 Å². The van der Waals surface area contributed by atoms with Crippen LogP contribution in [0.4, 0.5) is 11.5 Å². The third-order valence-corrected chi connectivity index (χ3v) is 6.57. The van der Waals surface area contributed by atoms with Gasteiger partial charge in [0.05, 0.1) is 10.6 Å². The number of carbonyl (C=O) groups excluding carboxylic acids is 1. The van der Waals surface area contributed by atoms with E-state index in [1.807, 2.05) is 20.8 Å². The lowest BCUT2D eigenvalue weighted by Crippen LogP contribution is -2.26. The molecule has 7 nitrogen and oxygen atoms in total. The predicted molar refractivity (Wildman–Crippen MR) is 119 cm³/mol. The van der Waals surface area contributed by atoms with Crippen LogP contribution < -0.4 is 9.62 Å². The van der Waals surface area contributed by atoms with E-state index in [1.165, 1.54) is 25.2 Å². The lowest BCUT2D eigenvalue weighted by molar-refractivity contribution is 0.102. The smallest absolute Gasteiger partial charge is 0.264 e. The van der Waals surface area contributed by atoms with E-state index in [0.29, 0.717) is 16.5 Å². The molecule has 1 heterocycles. The summed E-state index contributed by atoms with van der Waals surface area (Å²) in [7, 11) is -2.44. The average molecular weight is 447 g/mol. The highest BCUT2D eigenvalue weighted by atomic mass is 35.5. The molecule has 2 aromatic carbocycles. The first-order valence-corrected chi connectivity index (χ1v) is 11.0. The average Bonchev–Trinajstić information content (AvgIpc) is 3.16. The van der Waals surface area contributed by atoms with Gasteiger partial charge in [0.25, 0.3) is 15.9 Å². The number of benzene rings is 2. The maximum absolute atomic E-state index is 13.0. The molecule has 9 heteroatoms. The highest BCUT2D eigenvalue weighted by Gasteiger charge is 2.23. The minimum absolute atomic E-state index is 0.00460. The number of carbonyl (C=O) groups is 1. The summed E-state index contributed by atoms with van der Waals surface area (Å²) in [6.45, 7) is 6.07. The molecular weight excluding hydrogens is 424 g/mol. The van der Waals surface area contributed by atoms with E-state index in [4.69, 9.17) is 11.6 Å². The van der Waals surface area contributed by atoms with Crippen molar-refractivity contribution in [1.82, 2.24) is 10.2 Å². The van der Waals surface area contributed by atoms with Gasteiger partial charge >= 0.3 is 0 Å². The van der Waals surface area contributed by atoms with E-state index in [-0.39, 0.29) is 15.9 Å². The Labute approximate surface area is 181 Å². The van der Waals surface area contributed by atoms with Gasteiger partial charge in [-0.2, -0.15) is 5.10 Å². The normalized spacial score (nSPS) is 11.9. The Kier molecular flexibility index (Phi) is 5.92. The van der Waals surface area contributed by atoms with Crippen LogP contribution in [-0.2, 0) is 15.4 Å². The zero-order valence-electron chi connectivity index (χ0n) is 17.1. The number of aromatic nitrogens is 2. The first-order chi connectivity index (χ1) is 14.0. The maximum atomic E-state index is 13.0. The van der Waals surface area contributed by atoms with E-state index in [0.717, 1.165) is 10.00 Å². The monoisotopic (exact) mass is 446 g/mol. The van der Waals surface area contributed by atoms with Crippen LogP contribution in [0.15, 0.2) is 59.5 Å². The number of H-pyrrole nitrogens is 1. The number of hydrogen-bond donors (Lipinski definition) is 2. The van der Waals surface area contributed by atoms with Crippen LogP contribution in [0.3, 0.4) is 0 Å². The van der Waals surface area contributed by atoms with E-state index in [2.05, 4.69) is 15.5 Å². The molecule has 0 fully saturated rings. The van der Waals surface area contributed by atoms with Crippen LogP contribution >= 0.6 is 11.6 Å². The minimum atomic E-state index is -3.88. The second-order valence-corrected chi connectivity index (χ2v) is 10.3. The number of nitrogens with zero attached hydrogens (tertiary/aromatic N) is 2. The number of sulfonamides is 1. The fourth-order valence-corrected chi connectivity index (χ4v) is 4.14. The SMILES string of the molecule is CN(c1cccc(Cl)c1)S(=O)(=O)c1cccc(C(=O)Nc2cc(C(C)(C)C)[nH]n2)c1. The van der Waals surface area contributed by atoms with Gasteiger partial charge in [0, 0.05) is 34.8 Å². The van der Waals surface area contributed by atoms with Crippen LogP contribution in [0.1, 0.15) is 36.8 Å². The molecule has 3 rings (SSSR count). The number of halogens is 1. The molecule has 0 spiro atoms. The van der Waals surface area contributed by atoms with Crippen LogP contribution in [-0.4, -0.2) is 31.6 Å². The number of anilines is 2. The van der Waals surface area contributed by atoms with Crippen LogP contribution in [0, 0.1) is 0 Å². The topological polar surface area (TPSA) is 95.2 Å². The Hall–Kier alpha value is -2.84. The molecule has 158 valence electrons. The maximum Gasteiger partial charge on any atom is 0.264 e. The number of rotatable bonds is 5. The second-order valence-electron chi connectivity index (χ2n) is 7.85. The molecule has 0 aliphatic carbocycles. The predicted octanol–water partition coefficient (Wildman–Crippen LogP) is 4.44. The minimum Gasteiger partial charge on any atom is -0.305 e. The first kappa shape index (κ1) is 21.9. The van der Waals surface area contributed by atoms with Gasteiger partial charge in [-0.3, -0.25) is 14.2 Å². The van der Waals surface area contributed by atoms with Crippen molar-refractivity contribution in [3.05, 3.63) is 70.9 Å². The molecule has 0 saturated carbocycles. The van der Waals surface area contributed by atoms with Gasteiger partial charge < -0.3 is 5.32 Å². The quantitative estimate of drug-likeness (QED) is 0.605. The molecule has 0 bridgehead atoms. The molecule has 1 aromatic heterocycles. The van der Waals surface area contributed by atoms with Crippen molar-refractivity contribution in [2.24, 2.45) is 0 Å². The van der Waals surface area contributed by atoms with Crippen molar-refractivity contribution in [3.8, 4) is 0 Å². The van der Waals surface area contributed by atoms with Gasteiger partial charge in [0.1, 0.15) is 0 Å². The Balaban J connectivity index is 1.84. The molecule has 0 unspecified atom stereocenters. The summed E-state index contributed by atoms with van der Waals surface area (Å²) in [6, 6.07) is 14.1. The summed E-state index contributed by atoms with van der Waals surface area (Å²) in [5.74, 6) is -0.0846. The molecule has 0 aliphatic heterocycles. The van der Waals surface area contributed by atoms with E-state index in [1.54, 1.807) is 36.4 Å². The molecule has 1 amide bonds. The van der Waals surface area contributed by atoms with Crippen molar-refractivity contribution in [2.45, 2.75) is 31.1 Å². The zero-order valence-corrected chi connectivity index (χ0v) is 18.7. The fraction of sp³-hybridized carbons (Fsp3) is 0.238. The van der Waals surface area contributed by atoms with Crippen LogP contribution in [0.25, 0.3) is 0 Å².